The maximum absolute atomic E-state index is 9.29. The number of thioether (sulfide) groups is 1. The van der Waals surface area contributed by atoms with Crippen molar-refractivity contribution >= 4 is 11.8 Å². The van der Waals surface area contributed by atoms with Crippen molar-refractivity contribution < 1.29 is 5.11 Å². The Bertz CT molecular complexity index is 547. The maximum atomic E-state index is 9.29. The van der Waals surface area contributed by atoms with E-state index < -0.39 is 0 Å². The topological polar surface area (TPSA) is 20.2 Å². The lowest BCUT2D eigenvalue weighted by molar-refractivity contribution is 0.475. The van der Waals surface area contributed by atoms with E-state index >= 15 is 0 Å². The largest absolute Gasteiger partial charge is 0.508 e. The van der Waals surface area contributed by atoms with Crippen molar-refractivity contribution in [2.45, 2.75) is 30.1 Å². The van der Waals surface area contributed by atoms with Gasteiger partial charge in [-0.05, 0) is 60.6 Å². The Hall–Kier alpha value is -1.41. The second-order valence-corrected chi connectivity index (χ2v) is 6.19. The molecule has 0 fully saturated rings. The van der Waals surface area contributed by atoms with E-state index in [4.69, 9.17) is 0 Å². The average Bonchev–Trinajstić information content (AvgIpc) is 2.47. The summed E-state index contributed by atoms with van der Waals surface area (Å²) < 4.78 is 0. The van der Waals surface area contributed by atoms with Crippen LogP contribution in [0.25, 0.3) is 0 Å². The summed E-state index contributed by atoms with van der Waals surface area (Å²) in [4.78, 5) is 1.24. The minimum absolute atomic E-state index is 0.340. The summed E-state index contributed by atoms with van der Waals surface area (Å²) in [7, 11) is 0. The highest BCUT2D eigenvalue weighted by atomic mass is 32.2. The molecule has 19 heavy (non-hydrogen) atoms. The van der Waals surface area contributed by atoms with Gasteiger partial charge in [-0.1, -0.05) is 24.3 Å². The van der Waals surface area contributed by atoms with Gasteiger partial charge in [0.2, 0.25) is 0 Å². The molecule has 3 rings (SSSR count). The van der Waals surface area contributed by atoms with E-state index in [1.807, 2.05) is 23.9 Å². The molecule has 0 saturated heterocycles. The van der Waals surface area contributed by atoms with E-state index in [1.54, 1.807) is 17.7 Å². The van der Waals surface area contributed by atoms with E-state index in [9.17, 15) is 5.11 Å². The summed E-state index contributed by atoms with van der Waals surface area (Å²) in [6.45, 7) is 0. The van der Waals surface area contributed by atoms with Crippen LogP contribution in [0.2, 0.25) is 0 Å². The molecular weight excluding hydrogens is 252 g/mol. The minimum Gasteiger partial charge on any atom is -0.508 e. The fourth-order valence-electron chi connectivity index (χ4n) is 2.77. The standard InChI is InChI=1S/C17H18OS/c18-15-8-10-16(11-9-15)19-12-14-6-3-5-13-4-1-2-7-17(13)14/h1-2,4,7-11,14,18H,3,5-6,12H2. The lowest BCUT2D eigenvalue weighted by Crippen LogP contribution is -2.11. The van der Waals surface area contributed by atoms with E-state index in [1.165, 1.54) is 29.7 Å². The Labute approximate surface area is 118 Å². The van der Waals surface area contributed by atoms with E-state index in [2.05, 4.69) is 24.3 Å². The molecule has 0 spiro atoms. The molecule has 0 radical (unpaired) electrons. The van der Waals surface area contributed by atoms with Crippen LogP contribution in [-0.2, 0) is 6.42 Å². The number of rotatable bonds is 3. The van der Waals surface area contributed by atoms with Crippen molar-refractivity contribution in [3.05, 3.63) is 59.7 Å². The Morgan fingerprint density at radius 2 is 1.84 bits per heavy atom. The van der Waals surface area contributed by atoms with Gasteiger partial charge in [-0.2, -0.15) is 0 Å². The third kappa shape index (κ3) is 2.95. The molecule has 0 aromatic heterocycles. The van der Waals surface area contributed by atoms with Gasteiger partial charge >= 0.3 is 0 Å². The highest BCUT2D eigenvalue weighted by Crippen LogP contribution is 2.35. The first-order chi connectivity index (χ1) is 9.33. The smallest absolute Gasteiger partial charge is 0.115 e. The van der Waals surface area contributed by atoms with E-state index in [0.29, 0.717) is 11.7 Å². The zero-order valence-corrected chi connectivity index (χ0v) is 11.7. The van der Waals surface area contributed by atoms with Crippen LogP contribution < -0.4 is 0 Å². The molecule has 0 bridgehead atoms. The van der Waals surface area contributed by atoms with Crippen molar-refractivity contribution in [2.24, 2.45) is 0 Å². The normalized spacial score (nSPS) is 18.0. The molecule has 1 aliphatic carbocycles. The van der Waals surface area contributed by atoms with Gasteiger partial charge in [0.1, 0.15) is 5.75 Å². The zero-order valence-electron chi connectivity index (χ0n) is 10.9. The van der Waals surface area contributed by atoms with Gasteiger partial charge in [-0.3, -0.25) is 0 Å². The Morgan fingerprint density at radius 3 is 2.68 bits per heavy atom. The van der Waals surface area contributed by atoms with Gasteiger partial charge < -0.3 is 5.11 Å². The van der Waals surface area contributed by atoms with Crippen molar-refractivity contribution in [3.8, 4) is 5.75 Å². The van der Waals surface area contributed by atoms with Crippen LogP contribution in [0.3, 0.4) is 0 Å². The number of benzene rings is 2. The van der Waals surface area contributed by atoms with E-state index in [0.717, 1.165) is 5.75 Å². The fourth-order valence-corrected chi connectivity index (χ4v) is 3.84. The Balaban J connectivity index is 1.69. The van der Waals surface area contributed by atoms with Crippen LogP contribution in [0.15, 0.2) is 53.4 Å². The SMILES string of the molecule is Oc1ccc(SCC2CCCc3ccccc32)cc1. The van der Waals surface area contributed by atoms with Gasteiger partial charge in [0.15, 0.2) is 0 Å². The van der Waals surface area contributed by atoms with Gasteiger partial charge in [0, 0.05) is 10.6 Å². The fraction of sp³-hybridized carbons (Fsp3) is 0.294. The van der Waals surface area contributed by atoms with Crippen LogP contribution in [0, 0.1) is 0 Å². The number of hydrogen-bond acceptors (Lipinski definition) is 2. The minimum atomic E-state index is 0.340. The van der Waals surface area contributed by atoms with Gasteiger partial charge in [-0.25, -0.2) is 0 Å². The van der Waals surface area contributed by atoms with Crippen LogP contribution in [0.4, 0.5) is 0 Å². The molecule has 98 valence electrons. The third-order valence-corrected chi connectivity index (χ3v) is 4.96. The molecule has 2 heteroatoms. The summed E-state index contributed by atoms with van der Waals surface area (Å²) in [5.74, 6) is 2.14. The summed E-state index contributed by atoms with van der Waals surface area (Å²) in [5, 5.41) is 9.29. The van der Waals surface area contributed by atoms with Crippen LogP contribution >= 0.6 is 11.8 Å². The second kappa shape index (κ2) is 5.70. The molecule has 0 heterocycles. The van der Waals surface area contributed by atoms with Gasteiger partial charge in [0.25, 0.3) is 0 Å². The zero-order chi connectivity index (χ0) is 13.1. The first-order valence-electron chi connectivity index (χ1n) is 6.82. The molecule has 1 aliphatic rings. The van der Waals surface area contributed by atoms with Crippen LogP contribution in [0.1, 0.15) is 29.9 Å². The van der Waals surface area contributed by atoms with Gasteiger partial charge in [-0.15, -0.1) is 11.8 Å². The highest BCUT2D eigenvalue weighted by molar-refractivity contribution is 7.99. The molecule has 1 N–H and O–H groups in total. The molecule has 2 aromatic rings. The first kappa shape index (κ1) is 12.6. The summed E-state index contributed by atoms with van der Waals surface area (Å²) in [6, 6.07) is 16.4. The number of hydrogen-bond donors (Lipinski definition) is 1. The van der Waals surface area contributed by atoms with Crippen molar-refractivity contribution in [2.75, 3.05) is 5.75 Å². The predicted octanol–water partition coefficient (Wildman–Crippen LogP) is 4.60. The summed E-state index contributed by atoms with van der Waals surface area (Å²) in [6.07, 6.45) is 3.83. The Morgan fingerprint density at radius 1 is 1.05 bits per heavy atom. The monoisotopic (exact) mass is 270 g/mol. The predicted molar refractivity (Wildman–Crippen MR) is 81.0 cm³/mol. The Kier molecular flexibility index (Phi) is 3.79. The molecular formula is C17H18OS. The number of aryl methyl sites for hydroxylation is 1. The van der Waals surface area contributed by atoms with Gasteiger partial charge in [0.05, 0.1) is 0 Å². The molecule has 0 amide bonds. The van der Waals surface area contributed by atoms with Crippen molar-refractivity contribution in [1.29, 1.82) is 0 Å². The first-order valence-corrected chi connectivity index (χ1v) is 7.81. The van der Waals surface area contributed by atoms with E-state index in [-0.39, 0.29) is 0 Å². The molecule has 2 aromatic carbocycles. The second-order valence-electron chi connectivity index (χ2n) is 5.09. The lowest BCUT2D eigenvalue weighted by Gasteiger charge is -2.25. The molecule has 0 saturated carbocycles. The number of fused-ring (bicyclic) bond motifs is 1. The molecule has 1 atom stereocenters. The molecule has 1 unspecified atom stereocenters. The summed E-state index contributed by atoms with van der Waals surface area (Å²) >= 11 is 1.89. The number of aromatic hydroxyl groups is 1. The average molecular weight is 270 g/mol. The molecule has 1 nitrogen and oxygen atoms in total. The van der Waals surface area contributed by atoms with Crippen LogP contribution in [-0.4, -0.2) is 10.9 Å². The van der Waals surface area contributed by atoms with Crippen molar-refractivity contribution in [3.63, 3.8) is 0 Å². The third-order valence-electron chi connectivity index (χ3n) is 3.78. The quantitative estimate of drug-likeness (QED) is 0.822. The summed E-state index contributed by atoms with van der Waals surface area (Å²) in [5.41, 5.74) is 3.07. The highest BCUT2D eigenvalue weighted by Gasteiger charge is 2.19. The van der Waals surface area contributed by atoms with Crippen molar-refractivity contribution in [1.82, 2.24) is 0 Å². The number of phenolic OH excluding ortho intramolecular Hbond substituents is 1. The van der Waals surface area contributed by atoms with Crippen LogP contribution in [0.5, 0.6) is 5.75 Å². The molecule has 0 aliphatic heterocycles. The maximum Gasteiger partial charge on any atom is 0.115 e. The number of phenols is 1. The lowest BCUT2D eigenvalue weighted by atomic mass is 9.84.